The van der Waals surface area contributed by atoms with E-state index in [-0.39, 0.29) is 0 Å². The summed E-state index contributed by atoms with van der Waals surface area (Å²) in [6.07, 6.45) is 6.30. The van der Waals surface area contributed by atoms with Gasteiger partial charge in [-0.3, -0.25) is 9.13 Å². The highest BCUT2D eigenvalue weighted by atomic mass is 16.5. The molecule has 5 aromatic heterocycles. The molecule has 0 aliphatic carbocycles. The predicted octanol–water partition coefficient (Wildman–Crippen LogP) is 10.1. The van der Waals surface area contributed by atoms with E-state index in [1.165, 1.54) is 12.7 Å². The molecule has 0 saturated heterocycles. The monoisotopic (exact) mass is 675 g/mol. The van der Waals surface area contributed by atoms with Crippen molar-refractivity contribution < 1.29 is 12.2 Å². The lowest BCUT2D eigenvalue weighted by Gasteiger charge is -2.13. The molecule has 5 aromatic carbocycles. The molecule has 0 fully saturated rings. The Labute approximate surface area is 299 Å². The lowest BCUT2D eigenvalue weighted by atomic mass is 10.1. The van der Waals surface area contributed by atoms with Crippen LogP contribution in [0.2, 0.25) is 0 Å². The summed E-state index contributed by atoms with van der Waals surface area (Å²) in [5.41, 5.74) is 4.29. The standard InChI is InChI=1S/C43H27N7O2/c1-3-11-37-33(9-1)35-17-15-29(24-39(35)49(37)41-13-5-7-19-45-41)51-31-21-28(43-47-26-44-27-48-43)22-32(23-31)52-30-16-18-36-34-10-2-4-12-38(34)50(40(36)25-30)42-14-6-8-20-46-42/h1-27H/i13D,14D. The van der Waals surface area contributed by atoms with Gasteiger partial charge in [0.2, 0.25) is 0 Å². The van der Waals surface area contributed by atoms with Crippen LogP contribution in [0.25, 0.3) is 66.6 Å². The highest BCUT2D eigenvalue weighted by molar-refractivity contribution is 6.10. The van der Waals surface area contributed by atoms with Gasteiger partial charge < -0.3 is 9.47 Å². The fraction of sp³-hybridized carbons (Fsp3) is 0. The number of fused-ring (bicyclic) bond motifs is 6. The molecule has 0 saturated carbocycles. The highest BCUT2D eigenvalue weighted by Crippen LogP contribution is 2.39. The van der Waals surface area contributed by atoms with E-state index in [4.69, 9.17) is 12.2 Å². The van der Waals surface area contributed by atoms with Crippen molar-refractivity contribution in [2.24, 2.45) is 0 Å². The van der Waals surface area contributed by atoms with E-state index in [1.807, 2.05) is 100 Å². The minimum Gasteiger partial charge on any atom is -0.457 e. The van der Waals surface area contributed by atoms with Gasteiger partial charge in [0.25, 0.3) is 0 Å². The van der Waals surface area contributed by atoms with Crippen LogP contribution in [0, 0.1) is 0 Å². The number of aromatic nitrogens is 7. The fourth-order valence-electron chi connectivity index (χ4n) is 6.84. The zero-order valence-corrected chi connectivity index (χ0v) is 27.4. The van der Waals surface area contributed by atoms with Gasteiger partial charge in [-0.2, -0.15) is 0 Å². The van der Waals surface area contributed by atoms with Gasteiger partial charge in [-0.25, -0.2) is 24.9 Å². The van der Waals surface area contributed by atoms with Crippen LogP contribution in [0.4, 0.5) is 0 Å². The molecule has 0 radical (unpaired) electrons. The number of ether oxygens (including phenoxy) is 2. The number of pyridine rings is 2. The molecule has 52 heavy (non-hydrogen) atoms. The van der Waals surface area contributed by atoms with Crippen LogP contribution in [-0.4, -0.2) is 34.1 Å². The Morgan fingerprint density at radius 2 is 0.942 bits per heavy atom. The molecule has 0 amide bonds. The molecule has 0 aliphatic rings. The van der Waals surface area contributed by atoms with Crippen molar-refractivity contribution in [3.05, 3.63) is 165 Å². The molecule has 0 atom stereocenters. The Kier molecular flexibility index (Phi) is 6.43. The van der Waals surface area contributed by atoms with E-state index >= 15 is 0 Å². The number of hydrogen-bond donors (Lipinski definition) is 0. The Hall–Kier alpha value is -7.39. The maximum atomic E-state index is 8.63. The highest BCUT2D eigenvalue weighted by Gasteiger charge is 2.17. The molecule has 246 valence electrons. The van der Waals surface area contributed by atoms with Gasteiger partial charge in [0, 0.05) is 57.7 Å². The van der Waals surface area contributed by atoms with Crippen molar-refractivity contribution in [3.8, 4) is 46.0 Å². The molecule has 10 aromatic rings. The number of para-hydroxylation sites is 2. The summed E-state index contributed by atoms with van der Waals surface area (Å²) in [6.45, 7) is 0. The van der Waals surface area contributed by atoms with E-state index in [0.717, 1.165) is 43.6 Å². The van der Waals surface area contributed by atoms with E-state index in [9.17, 15) is 0 Å². The Morgan fingerprint density at radius 3 is 1.46 bits per heavy atom. The second kappa shape index (κ2) is 12.2. The van der Waals surface area contributed by atoms with Crippen molar-refractivity contribution >= 4 is 43.6 Å². The number of benzene rings is 5. The summed E-state index contributed by atoms with van der Waals surface area (Å²) in [4.78, 5) is 21.9. The van der Waals surface area contributed by atoms with Gasteiger partial charge in [0.1, 0.15) is 47.3 Å². The third-order valence-electron chi connectivity index (χ3n) is 9.00. The lowest BCUT2D eigenvalue weighted by Crippen LogP contribution is -1.97. The van der Waals surface area contributed by atoms with Crippen LogP contribution in [-0.2, 0) is 0 Å². The summed E-state index contributed by atoms with van der Waals surface area (Å²) >= 11 is 0. The van der Waals surface area contributed by atoms with Crippen molar-refractivity contribution in [3.63, 3.8) is 0 Å². The van der Waals surface area contributed by atoms with Gasteiger partial charge in [-0.1, -0.05) is 48.5 Å². The molecule has 0 bridgehead atoms. The first-order chi connectivity index (χ1) is 26.6. The first-order valence-corrected chi connectivity index (χ1v) is 16.6. The van der Waals surface area contributed by atoms with Crippen LogP contribution < -0.4 is 9.47 Å². The van der Waals surface area contributed by atoms with Gasteiger partial charge in [0.05, 0.1) is 24.8 Å². The van der Waals surface area contributed by atoms with Gasteiger partial charge in [-0.05, 0) is 72.7 Å². The van der Waals surface area contributed by atoms with Crippen molar-refractivity contribution in [1.29, 1.82) is 0 Å². The summed E-state index contributed by atoms with van der Waals surface area (Å²) in [5, 5.41) is 4.13. The van der Waals surface area contributed by atoms with Gasteiger partial charge >= 0.3 is 0 Å². The normalized spacial score (nSPS) is 12.0. The lowest BCUT2D eigenvalue weighted by molar-refractivity contribution is 0.461. The van der Waals surface area contributed by atoms with Crippen molar-refractivity contribution in [2.75, 3.05) is 0 Å². The Bertz CT molecular complexity index is 2870. The van der Waals surface area contributed by atoms with Crippen LogP contribution in [0.5, 0.6) is 23.0 Å². The van der Waals surface area contributed by atoms with Gasteiger partial charge in [0.15, 0.2) is 5.82 Å². The zero-order valence-electron chi connectivity index (χ0n) is 29.4. The van der Waals surface area contributed by atoms with Gasteiger partial charge in [-0.15, -0.1) is 0 Å². The maximum absolute atomic E-state index is 8.63. The smallest absolute Gasteiger partial charge is 0.162 e. The zero-order chi connectivity index (χ0) is 36.2. The first kappa shape index (κ1) is 27.4. The van der Waals surface area contributed by atoms with E-state index in [1.54, 1.807) is 36.7 Å². The first-order valence-electron chi connectivity index (χ1n) is 17.6. The minimum atomic E-state index is 0.317. The molecule has 0 aliphatic heterocycles. The molecule has 9 nitrogen and oxygen atoms in total. The topological polar surface area (TPSA) is 92.8 Å². The molecule has 0 spiro atoms. The second-order valence-corrected chi connectivity index (χ2v) is 12.1. The quantitative estimate of drug-likeness (QED) is 0.166. The van der Waals surface area contributed by atoms with Crippen molar-refractivity contribution in [2.45, 2.75) is 0 Å². The number of nitrogens with zero attached hydrogens (tertiary/aromatic N) is 7. The average Bonchev–Trinajstić information content (AvgIpc) is 3.70. The molecular formula is C43H27N7O2. The average molecular weight is 676 g/mol. The SMILES string of the molecule is [2H]c1cccnc1-n1c2ccccc2c2ccc(Oc3cc(Oc4ccc5c6ccccc6n(-c6ncccc6[2H])c5c4)cc(-c4ncncn4)c3)cc21. The largest absolute Gasteiger partial charge is 0.457 e. The Balaban J connectivity index is 1.08. The minimum absolute atomic E-state index is 0.317. The van der Waals surface area contributed by atoms with Crippen LogP contribution >= 0.6 is 0 Å². The van der Waals surface area contributed by atoms with Crippen LogP contribution in [0.15, 0.2) is 165 Å². The molecule has 10 rings (SSSR count). The van der Waals surface area contributed by atoms with Crippen molar-refractivity contribution in [1.82, 2.24) is 34.1 Å². The van der Waals surface area contributed by atoms with Crippen LogP contribution in [0.3, 0.4) is 0 Å². The molecule has 5 heterocycles. The number of hydrogen-bond acceptors (Lipinski definition) is 7. The van der Waals surface area contributed by atoms with E-state index < -0.39 is 0 Å². The summed E-state index contributed by atoms with van der Waals surface area (Å²) in [7, 11) is 0. The van der Waals surface area contributed by atoms with E-state index in [0.29, 0.717) is 58.1 Å². The van der Waals surface area contributed by atoms with E-state index in [2.05, 4.69) is 37.1 Å². The second-order valence-electron chi connectivity index (χ2n) is 12.1. The molecule has 0 N–H and O–H groups in total. The predicted molar refractivity (Wildman–Crippen MR) is 203 cm³/mol. The third kappa shape index (κ3) is 5.07. The maximum Gasteiger partial charge on any atom is 0.162 e. The third-order valence-corrected chi connectivity index (χ3v) is 9.00. The molecule has 9 heteroatoms. The Morgan fingerprint density at radius 1 is 0.442 bits per heavy atom. The molecule has 0 unspecified atom stereocenters. The number of rotatable bonds is 7. The summed E-state index contributed by atoms with van der Waals surface area (Å²) in [6, 6.07) is 41.2. The molecular weight excluding hydrogens is 647 g/mol. The summed E-state index contributed by atoms with van der Waals surface area (Å²) in [5.74, 6) is 3.71. The fourth-order valence-corrected chi connectivity index (χ4v) is 6.84. The van der Waals surface area contributed by atoms with Crippen LogP contribution in [0.1, 0.15) is 2.74 Å². The summed E-state index contributed by atoms with van der Waals surface area (Å²) < 4.78 is 34.4.